The molecule has 8 rings (SSSR count). The minimum atomic E-state index is -0.970. The van der Waals surface area contributed by atoms with Gasteiger partial charge in [-0.2, -0.15) is 0 Å². The molecule has 1 unspecified atom stereocenters. The van der Waals surface area contributed by atoms with Crippen molar-refractivity contribution in [2.75, 3.05) is 31.6 Å². The quantitative estimate of drug-likeness (QED) is 0.255. The molecule has 10 nitrogen and oxygen atoms in total. The Labute approximate surface area is 296 Å². The van der Waals surface area contributed by atoms with Gasteiger partial charge in [0.15, 0.2) is 0 Å². The Morgan fingerprint density at radius 1 is 0.824 bits per heavy atom. The van der Waals surface area contributed by atoms with Gasteiger partial charge in [0, 0.05) is 61.2 Å². The molecule has 0 spiro atoms. The maximum Gasteiger partial charge on any atom is 0.262 e. The second-order valence-corrected chi connectivity index (χ2v) is 14.1. The number of fused-ring (bicyclic) bond motifs is 2. The molecule has 4 aromatic carbocycles. The van der Waals surface area contributed by atoms with Crippen molar-refractivity contribution in [3.8, 4) is 11.5 Å². The summed E-state index contributed by atoms with van der Waals surface area (Å²) in [6.45, 7) is 2.99. The number of aromatic hydroxyl groups is 1. The first kappa shape index (κ1) is 32.7. The van der Waals surface area contributed by atoms with Gasteiger partial charge in [0.05, 0.1) is 17.7 Å². The van der Waals surface area contributed by atoms with E-state index in [2.05, 4.69) is 70.7 Å². The van der Waals surface area contributed by atoms with Crippen molar-refractivity contribution >= 4 is 29.3 Å². The minimum absolute atomic E-state index is 0.0945. The number of carbonyl (C=O) groups is 4. The average molecular weight is 685 g/mol. The van der Waals surface area contributed by atoms with Gasteiger partial charge in [0.25, 0.3) is 11.8 Å². The molecule has 0 radical (unpaired) electrons. The molecular weight excluding hydrogens is 644 g/mol. The Kier molecular flexibility index (Phi) is 8.55. The number of anilines is 1. The molecule has 2 saturated heterocycles. The Morgan fingerprint density at radius 2 is 1.57 bits per heavy atom. The first-order chi connectivity index (χ1) is 24.7. The third-order valence-corrected chi connectivity index (χ3v) is 11.0. The van der Waals surface area contributed by atoms with Crippen LogP contribution in [-0.4, -0.2) is 77.4 Å². The largest absolute Gasteiger partial charge is 0.508 e. The van der Waals surface area contributed by atoms with Gasteiger partial charge in [0.1, 0.15) is 17.5 Å². The number of nitrogens with one attached hydrogen (secondary N) is 1. The number of rotatable bonds is 7. The maximum atomic E-state index is 13.3. The third-order valence-electron chi connectivity index (χ3n) is 11.0. The van der Waals surface area contributed by atoms with E-state index in [4.69, 9.17) is 4.74 Å². The molecule has 2 fully saturated rings. The summed E-state index contributed by atoms with van der Waals surface area (Å²) in [6, 6.07) is 29.5. The number of hydrogen-bond acceptors (Lipinski definition) is 8. The summed E-state index contributed by atoms with van der Waals surface area (Å²) in [5.74, 6) is -0.787. The topological polar surface area (TPSA) is 119 Å². The van der Waals surface area contributed by atoms with Crippen LogP contribution in [-0.2, 0) is 16.1 Å². The number of imide groups is 2. The van der Waals surface area contributed by atoms with Crippen molar-refractivity contribution in [3.05, 3.63) is 124 Å². The fourth-order valence-corrected chi connectivity index (χ4v) is 8.29. The van der Waals surface area contributed by atoms with Gasteiger partial charge < -0.3 is 14.7 Å². The predicted molar refractivity (Wildman–Crippen MR) is 191 cm³/mol. The molecule has 4 aromatic rings. The van der Waals surface area contributed by atoms with Crippen LogP contribution in [0.4, 0.5) is 5.69 Å². The van der Waals surface area contributed by atoms with E-state index in [9.17, 15) is 24.3 Å². The van der Waals surface area contributed by atoms with Gasteiger partial charge in [-0.15, -0.1) is 0 Å². The van der Waals surface area contributed by atoms with E-state index in [1.54, 1.807) is 24.3 Å². The van der Waals surface area contributed by atoms with Crippen LogP contribution in [0.5, 0.6) is 11.5 Å². The Balaban J connectivity index is 0.915. The molecule has 0 bridgehead atoms. The number of phenolic OH excluding ortho intramolecular Hbond substituents is 1. The number of benzene rings is 4. The van der Waals surface area contributed by atoms with E-state index in [0.717, 1.165) is 47.7 Å². The van der Waals surface area contributed by atoms with Crippen LogP contribution in [0, 0.1) is 0 Å². The van der Waals surface area contributed by atoms with E-state index in [-0.39, 0.29) is 36.3 Å². The maximum absolute atomic E-state index is 13.3. The molecular formula is C41H40N4O6. The molecule has 2 N–H and O–H groups in total. The molecule has 10 heteroatoms. The molecule has 0 aromatic heterocycles. The lowest BCUT2D eigenvalue weighted by Crippen LogP contribution is -2.54. The second kappa shape index (κ2) is 13.3. The Hall–Kier alpha value is -5.48. The van der Waals surface area contributed by atoms with Crippen molar-refractivity contribution in [1.82, 2.24) is 15.1 Å². The van der Waals surface area contributed by atoms with Crippen molar-refractivity contribution in [2.24, 2.45) is 0 Å². The lowest BCUT2D eigenvalue weighted by Gasteiger charge is -2.38. The number of hydrogen-bond donors (Lipinski definition) is 2. The molecule has 4 aliphatic heterocycles. The Bertz CT molecular complexity index is 2010. The molecule has 4 aliphatic rings. The highest BCUT2D eigenvalue weighted by molar-refractivity contribution is 6.23. The zero-order valence-electron chi connectivity index (χ0n) is 28.5. The summed E-state index contributed by atoms with van der Waals surface area (Å²) in [5.41, 5.74) is 6.25. The van der Waals surface area contributed by atoms with Crippen LogP contribution in [0.1, 0.15) is 80.5 Å². The number of piperidine rings is 2. The first-order valence-electron chi connectivity index (χ1n) is 17.7. The fourth-order valence-electron chi connectivity index (χ4n) is 8.29. The fraction of sp³-hybridized carbons (Fsp3) is 0.317. The molecule has 4 amide bonds. The van der Waals surface area contributed by atoms with Crippen LogP contribution >= 0.6 is 0 Å². The van der Waals surface area contributed by atoms with Crippen LogP contribution in [0.3, 0.4) is 0 Å². The second-order valence-electron chi connectivity index (χ2n) is 14.1. The summed E-state index contributed by atoms with van der Waals surface area (Å²) in [6.07, 6.45) is 2.20. The first-order valence-corrected chi connectivity index (χ1v) is 17.7. The number of amides is 4. The highest BCUT2D eigenvalue weighted by Gasteiger charge is 2.44. The zero-order chi connectivity index (χ0) is 35.2. The monoisotopic (exact) mass is 684 g/mol. The smallest absolute Gasteiger partial charge is 0.262 e. The van der Waals surface area contributed by atoms with Gasteiger partial charge in [-0.1, -0.05) is 54.6 Å². The molecule has 4 heterocycles. The lowest BCUT2D eigenvalue weighted by atomic mass is 9.76. The van der Waals surface area contributed by atoms with Crippen molar-refractivity contribution < 1.29 is 29.0 Å². The van der Waals surface area contributed by atoms with E-state index in [1.165, 1.54) is 16.8 Å². The number of nitrogens with zero attached hydrogens (tertiary/aromatic N) is 3. The summed E-state index contributed by atoms with van der Waals surface area (Å²) in [4.78, 5) is 56.2. The summed E-state index contributed by atoms with van der Waals surface area (Å²) < 4.78 is 6.15. The molecule has 51 heavy (non-hydrogen) atoms. The van der Waals surface area contributed by atoms with Gasteiger partial charge in [-0.25, -0.2) is 0 Å². The van der Waals surface area contributed by atoms with E-state index in [0.29, 0.717) is 30.3 Å². The van der Waals surface area contributed by atoms with Crippen molar-refractivity contribution in [2.45, 2.75) is 56.1 Å². The highest BCUT2D eigenvalue weighted by Crippen LogP contribution is 2.47. The SMILES string of the molecule is CN(Cc1ccc2c(c1)C(=O)N(C1CCC(=O)NC1=O)C2=O)C1CCN(c2ccc([C@@H]3c4ccc(O)cc4OC[C@@H]3c3ccccc3)cc2)CC1. The Morgan fingerprint density at radius 3 is 2.31 bits per heavy atom. The minimum Gasteiger partial charge on any atom is -0.508 e. The van der Waals surface area contributed by atoms with E-state index < -0.39 is 23.8 Å². The number of phenols is 1. The molecule has 3 atom stereocenters. The van der Waals surface area contributed by atoms with Crippen LogP contribution in [0.25, 0.3) is 0 Å². The van der Waals surface area contributed by atoms with Gasteiger partial charge in [-0.05, 0) is 73.3 Å². The van der Waals surface area contributed by atoms with Crippen LogP contribution in [0.15, 0.2) is 91.0 Å². The number of carbonyl (C=O) groups excluding carboxylic acids is 4. The third kappa shape index (κ3) is 6.14. The predicted octanol–water partition coefficient (Wildman–Crippen LogP) is 5.20. The summed E-state index contributed by atoms with van der Waals surface area (Å²) in [7, 11) is 2.10. The highest BCUT2D eigenvalue weighted by atomic mass is 16.5. The van der Waals surface area contributed by atoms with Crippen molar-refractivity contribution in [3.63, 3.8) is 0 Å². The van der Waals surface area contributed by atoms with Gasteiger partial charge >= 0.3 is 0 Å². The normalized spacial score (nSPS) is 22.1. The van der Waals surface area contributed by atoms with Crippen molar-refractivity contribution in [1.29, 1.82) is 0 Å². The molecule has 0 aliphatic carbocycles. The lowest BCUT2D eigenvalue weighted by molar-refractivity contribution is -0.136. The van der Waals surface area contributed by atoms with Gasteiger partial charge in [-0.3, -0.25) is 34.3 Å². The van der Waals surface area contributed by atoms with Crippen LogP contribution < -0.4 is 15.0 Å². The van der Waals surface area contributed by atoms with E-state index in [1.807, 2.05) is 18.2 Å². The summed E-state index contributed by atoms with van der Waals surface area (Å²) >= 11 is 0. The van der Waals surface area contributed by atoms with E-state index >= 15 is 0 Å². The van der Waals surface area contributed by atoms with Gasteiger partial charge in [0.2, 0.25) is 11.8 Å². The number of ether oxygens (including phenoxy) is 1. The molecule has 260 valence electrons. The molecule has 0 saturated carbocycles. The average Bonchev–Trinajstić information content (AvgIpc) is 3.39. The van der Waals surface area contributed by atoms with Crippen LogP contribution in [0.2, 0.25) is 0 Å². The zero-order valence-corrected chi connectivity index (χ0v) is 28.5. The standard InChI is InChI=1S/C41H40N4O6/c1-43(23-25-7-13-31-33(21-25)41(50)45(40(31)49)35-15-16-37(47)42-39(35)48)28-17-19-44(20-18-28)29-10-8-27(9-11-29)38-32-14-12-30(46)22-36(32)51-24-34(38)26-5-3-2-4-6-26/h2-14,21-22,28,34-35,38,46H,15-20,23-24H2,1H3,(H,42,47,48)/t34-,35?,38-/m1/s1. The summed E-state index contributed by atoms with van der Waals surface area (Å²) in [5, 5.41) is 12.4.